The molecule has 1 aliphatic heterocycles. The van der Waals surface area contributed by atoms with E-state index in [0.29, 0.717) is 17.0 Å². The lowest BCUT2D eigenvalue weighted by Crippen LogP contribution is -2.48. The molecule has 2 heterocycles. The molecule has 0 bridgehead atoms. The number of benzene rings is 2. The topological polar surface area (TPSA) is 59.6 Å². The van der Waals surface area contributed by atoms with E-state index in [-0.39, 0.29) is 0 Å². The molecule has 2 saturated carbocycles. The Hall–Kier alpha value is -2.79. The number of carboxylic acids is 1. The number of hydrogen-bond acceptors (Lipinski definition) is 3. The summed E-state index contributed by atoms with van der Waals surface area (Å²) in [4.78, 5) is 19.8. The van der Waals surface area contributed by atoms with Crippen LogP contribution in [0.15, 0.2) is 42.6 Å². The van der Waals surface area contributed by atoms with Crippen LogP contribution in [0, 0.1) is 24.2 Å². The van der Waals surface area contributed by atoms with Gasteiger partial charge >= 0.3 is 5.97 Å². The number of carbonyl (C=O) groups is 1. The molecule has 2 aromatic carbocycles. The molecule has 0 radical (unpaired) electrons. The summed E-state index contributed by atoms with van der Waals surface area (Å²) in [7, 11) is 4.27. The molecule has 0 unspecified atom stereocenters. The fraction of sp³-hybridized carbons (Fsp3) is 0.500. The van der Waals surface area contributed by atoms with Gasteiger partial charge in [0.15, 0.2) is 0 Å². The highest BCUT2D eigenvalue weighted by Gasteiger charge is 2.52. The van der Waals surface area contributed by atoms with Gasteiger partial charge in [-0.3, -0.25) is 4.90 Å². The second-order valence-electron chi connectivity index (χ2n) is 11.7. The number of anilines is 1. The lowest BCUT2D eigenvalue weighted by Gasteiger charge is -2.55. The van der Waals surface area contributed by atoms with Gasteiger partial charge in [-0.25, -0.2) is 4.79 Å². The van der Waals surface area contributed by atoms with E-state index in [0.717, 1.165) is 24.9 Å². The van der Waals surface area contributed by atoms with E-state index in [1.807, 2.05) is 0 Å². The van der Waals surface area contributed by atoms with Crippen LogP contribution in [0.4, 0.5) is 5.69 Å². The number of carboxylic acid groups (broad SMARTS) is 1. The van der Waals surface area contributed by atoms with Gasteiger partial charge in [0.1, 0.15) is 0 Å². The summed E-state index contributed by atoms with van der Waals surface area (Å²) in [5, 5.41) is 10.7. The molecular formula is C30H37N3O2. The van der Waals surface area contributed by atoms with E-state index in [9.17, 15) is 9.90 Å². The maximum atomic E-state index is 11.5. The van der Waals surface area contributed by atoms with Gasteiger partial charge < -0.3 is 15.0 Å². The largest absolute Gasteiger partial charge is 0.478 e. The number of H-pyrrole nitrogens is 1. The van der Waals surface area contributed by atoms with Crippen LogP contribution < -0.4 is 4.90 Å². The number of aromatic amines is 1. The average Bonchev–Trinajstić information content (AvgIpc) is 3.54. The Morgan fingerprint density at radius 3 is 2.51 bits per heavy atom. The van der Waals surface area contributed by atoms with E-state index in [4.69, 9.17) is 0 Å². The molecule has 35 heavy (non-hydrogen) atoms. The monoisotopic (exact) mass is 471 g/mol. The molecule has 1 spiro atoms. The molecule has 1 atom stereocenters. The Balaban J connectivity index is 1.34. The Kier molecular flexibility index (Phi) is 5.44. The van der Waals surface area contributed by atoms with Crippen LogP contribution in [0.1, 0.15) is 71.6 Å². The van der Waals surface area contributed by atoms with E-state index in [1.54, 1.807) is 12.1 Å². The number of piperidine rings is 1. The number of aryl methyl sites for hydroxylation is 1. The highest BCUT2D eigenvalue weighted by molar-refractivity contribution is 5.91. The first-order chi connectivity index (χ1) is 16.8. The third-order valence-electron chi connectivity index (χ3n) is 9.19. The average molecular weight is 472 g/mol. The Morgan fingerprint density at radius 2 is 1.86 bits per heavy atom. The number of hydrogen-bond donors (Lipinski definition) is 2. The summed E-state index contributed by atoms with van der Waals surface area (Å²) in [5.74, 6) is 1.10. The number of aromatic carboxylic acids is 1. The van der Waals surface area contributed by atoms with Crippen molar-refractivity contribution < 1.29 is 9.90 Å². The van der Waals surface area contributed by atoms with E-state index >= 15 is 0 Å². The van der Waals surface area contributed by atoms with Gasteiger partial charge in [-0.05, 0) is 110 Å². The first kappa shape index (κ1) is 22.7. The van der Waals surface area contributed by atoms with Crippen LogP contribution >= 0.6 is 0 Å². The molecular weight excluding hydrogens is 434 g/mol. The minimum absolute atomic E-state index is 0.317. The molecule has 0 amide bonds. The molecule has 184 valence electrons. The second-order valence-corrected chi connectivity index (χ2v) is 11.7. The van der Waals surface area contributed by atoms with Crippen molar-refractivity contribution in [1.29, 1.82) is 0 Å². The smallest absolute Gasteiger partial charge is 0.335 e. The molecule has 3 aliphatic rings. The van der Waals surface area contributed by atoms with E-state index in [1.165, 1.54) is 71.8 Å². The molecule has 5 nitrogen and oxygen atoms in total. The van der Waals surface area contributed by atoms with Crippen molar-refractivity contribution in [3.8, 4) is 0 Å². The molecule has 3 aromatic rings. The zero-order valence-electron chi connectivity index (χ0n) is 21.2. The van der Waals surface area contributed by atoms with Crippen LogP contribution in [0.25, 0.3) is 10.9 Å². The van der Waals surface area contributed by atoms with Crippen LogP contribution in [0.5, 0.6) is 0 Å². The SMILES string of the molecule is Cc1cc(N(C)C)c(CN2CCC3(CC(C4CC4)C3)C[C@H]2c2ccc(C(=O)O)cc2)c2cc[nH]c12. The van der Waals surface area contributed by atoms with Crippen molar-refractivity contribution in [1.82, 2.24) is 9.88 Å². The van der Waals surface area contributed by atoms with Gasteiger partial charge in [0.2, 0.25) is 0 Å². The summed E-state index contributed by atoms with van der Waals surface area (Å²) in [6.07, 6.45) is 10.2. The van der Waals surface area contributed by atoms with Crippen LogP contribution in [0.3, 0.4) is 0 Å². The molecule has 1 aromatic heterocycles. The van der Waals surface area contributed by atoms with Gasteiger partial charge in [-0.1, -0.05) is 12.1 Å². The minimum Gasteiger partial charge on any atom is -0.478 e. The molecule has 1 saturated heterocycles. The summed E-state index contributed by atoms with van der Waals surface area (Å²) in [6, 6.07) is 12.5. The van der Waals surface area contributed by atoms with Crippen LogP contribution in [-0.4, -0.2) is 41.6 Å². The molecule has 3 fully saturated rings. The van der Waals surface area contributed by atoms with Gasteiger partial charge in [0.25, 0.3) is 0 Å². The van der Waals surface area contributed by atoms with E-state index < -0.39 is 5.97 Å². The Bertz CT molecular complexity index is 1250. The number of fused-ring (bicyclic) bond motifs is 1. The number of likely N-dealkylation sites (tertiary alicyclic amines) is 1. The van der Waals surface area contributed by atoms with Gasteiger partial charge in [0, 0.05) is 49.5 Å². The van der Waals surface area contributed by atoms with Crippen molar-refractivity contribution in [2.75, 3.05) is 25.5 Å². The summed E-state index contributed by atoms with van der Waals surface area (Å²) in [5.41, 5.74) is 7.26. The zero-order chi connectivity index (χ0) is 24.3. The number of aromatic nitrogens is 1. The van der Waals surface area contributed by atoms with Crippen molar-refractivity contribution >= 4 is 22.6 Å². The maximum Gasteiger partial charge on any atom is 0.335 e. The van der Waals surface area contributed by atoms with Gasteiger partial charge in [-0.15, -0.1) is 0 Å². The second kappa shape index (κ2) is 8.41. The van der Waals surface area contributed by atoms with Crippen molar-refractivity contribution in [2.45, 2.75) is 58.0 Å². The molecule has 5 heteroatoms. The highest BCUT2D eigenvalue weighted by Crippen LogP contribution is 2.62. The standard InChI is InChI=1S/C30H37N3O2/c1-19-14-26(32(2)3)25(24-10-12-31-28(19)24)18-33-13-11-30(15-23(16-30)20-4-5-20)17-27(33)21-6-8-22(9-7-21)29(34)35/h6-10,12,14,20,23,27,31H,4-5,11,13,15-18H2,1-3H3,(H,34,35)/t23?,27-,30?/m0/s1. The van der Waals surface area contributed by atoms with Gasteiger partial charge in [0.05, 0.1) is 5.56 Å². The van der Waals surface area contributed by atoms with Crippen LogP contribution in [-0.2, 0) is 6.54 Å². The number of nitrogens with one attached hydrogen (secondary N) is 1. The minimum atomic E-state index is -0.857. The predicted octanol–water partition coefficient (Wildman–Crippen LogP) is 6.38. The third kappa shape index (κ3) is 4.04. The summed E-state index contributed by atoms with van der Waals surface area (Å²) >= 11 is 0. The first-order valence-corrected chi connectivity index (χ1v) is 13.2. The fourth-order valence-corrected chi connectivity index (χ4v) is 7.09. The quantitative estimate of drug-likeness (QED) is 0.438. The Morgan fingerprint density at radius 1 is 1.11 bits per heavy atom. The predicted molar refractivity (Wildman–Crippen MR) is 141 cm³/mol. The lowest BCUT2D eigenvalue weighted by molar-refractivity contribution is -0.0516. The van der Waals surface area contributed by atoms with Crippen LogP contribution in [0.2, 0.25) is 0 Å². The maximum absolute atomic E-state index is 11.5. The fourth-order valence-electron chi connectivity index (χ4n) is 7.09. The highest BCUT2D eigenvalue weighted by atomic mass is 16.4. The zero-order valence-corrected chi connectivity index (χ0v) is 21.2. The number of rotatable bonds is 6. The summed E-state index contributed by atoms with van der Waals surface area (Å²) in [6.45, 7) is 4.17. The van der Waals surface area contributed by atoms with Gasteiger partial charge in [-0.2, -0.15) is 0 Å². The van der Waals surface area contributed by atoms with Crippen molar-refractivity contribution in [3.63, 3.8) is 0 Å². The molecule has 2 N–H and O–H groups in total. The third-order valence-corrected chi connectivity index (χ3v) is 9.19. The summed E-state index contributed by atoms with van der Waals surface area (Å²) < 4.78 is 0. The normalized spacial score (nSPS) is 26.7. The first-order valence-electron chi connectivity index (χ1n) is 13.2. The van der Waals surface area contributed by atoms with Crippen molar-refractivity contribution in [2.24, 2.45) is 17.3 Å². The molecule has 2 aliphatic carbocycles. The number of nitrogens with zero attached hydrogens (tertiary/aromatic N) is 2. The van der Waals surface area contributed by atoms with E-state index in [2.05, 4.69) is 66.3 Å². The van der Waals surface area contributed by atoms with Crippen molar-refractivity contribution in [3.05, 3.63) is 64.8 Å². The Labute approximate surface area is 208 Å². The lowest BCUT2D eigenvalue weighted by atomic mass is 9.54. The molecule has 6 rings (SSSR count).